The zero-order valence-electron chi connectivity index (χ0n) is 17.5. The molecule has 4 saturated carbocycles. The molecule has 0 saturated heterocycles. The average Bonchev–Trinajstić information content (AvgIpc) is 2.62. The predicted molar refractivity (Wildman–Crippen MR) is 101 cm³/mol. The number of esters is 2. The summed E-state index contributed by atoms with van der Waals surface area (Å²) < 4.78 is 95.7. The smallest absolute Gasteiger partial charge is 0.396 e. The van der Waals surface area contributed by atoms with Crippen molar-refractivity contribution in [3.8, 4) is 0 Å². The van der Waals surface area contributed by atoms with Gasteiger partial charge in [-0.15, -0.1) is 0 Å². The Morgan fingerprint density at radius 3 is 2.19 bits per heavy atom. The molecule has 182 valence electrons. The van der Waals surface area contributed by atoms with E-state index in [4.69, 9.17) is 9.47 Å². The Labute approximate surface area is 183 Å². The number of ether oxygens (including phenoxy) is 2. The molecule has 0 radical (unpaired) electrons. The zero-order chi connectivity index (χ0) is 24.2. The molecule has 0 N–H and O–H groups in total. The Morgan fingerprint density at radius 1 is 1.12 bits per heavy atom. The van der Waals surface area contributed by atoms with Gasteiger partial charge in [0.1, 0.15) is 5.60 Å². The number of hydrogen-bond donors (Lipinski definition) is 0. The molecule has 0 aliphatic heterocycles. The molecule has 4 bridgehead atoms. The van der Waals surface area contributed by atoms with E-state index in [9.17, 15) is 40.1 Å². The van der Waals surface area contributed by atoms with E-state index in [1.54, 1.807) is 0 Å². The topological polar surface area (TPSA) is 110 Å². The van der Waals surface area contributed by atoms with Crippen LogP contribution >= 0.6 is 0 Å². The second kappa shape index (κ2) is 7.96. The minimum atomic E-state index is -6.61. The fourth-order valence-corrected chi connectivity index (χ4v) is 6.30. The van der Waals surface area contributed by atoms with Gasteiger partial charge in [0.25, 0.3) is 0 Å². The van der Waals surface area contributed by atoms with Crippen molar-refractivity contribution in [2.75, 3.05) is 6.61 Å². The third-order valence-electron chi connectivity index (χ3n) is 6.71. The van der Waals surface area contributed by atoms with Gasteiger partial charge in [-0.3, -0.25) is 4.79 Å². The van der Waals surface area contributed by atoms with Crippen molar-refractivity contribution >= 4 is 22.1 Å². The lowest BCUT2D eigenvalue weighted by Crippen LogP contribution is -2.58. The van der Waals surface area contributed by atoms with Crippen molar-refractivity contribution in [3.63, 3.8) is 0 Å². The number of carbonyl (C=O) groups is 2. The van der Waals surface area contributed by atoms with Crippen LogP contribution in [0.4, 0.5) is 17.6 Å². The SMILES string of the molecule is C=C(C)C(=O)OC12CC3CC(CC(COC(=O)CCC(F)(F)C(F)(F)S(=O)(=O)[O-])(C3)C1)C2. The largest absolute Gasteiger partial charge is 0.743 e. The van der Waals surface area contributed by atoms with Gasteiger partial charge in [-0.25, -0.2) is 13.2 Å². The van der Waals surface area contributed by atoms with Crippen LogP contribution < -0.4 is 0 Å². The number of halogens is 4. The van der Waals surface area contributed by atoms with Gasteiger partial charge in [-0.1, -0.05) is 6.58 Å². The highest BCUT2D eigenvalue weighted by Crippen LogP contribution is 2.63. The maximum Gasteiger partial charge on any atom is 0.396 e. The number of rotatable bonds is 9. The summed E-state index contributed by atoms with van der Waals surface area (Å²) in [4.78, 5) is 24.1. The van der Waals surface area contributed by atoms with E-state index in [1.807, 2.05) is 0 Å². The number of alkyl halides is 4. The van der Waals surface area contributed by atoms with E-state index in [0.717, 1.165) is 6.42 Å². The molecule has 4 rings (SSSR count). The molecule has 0 amide bonds. The van der Waals surface area contributed by atoms with Crippen LogP contribution in [-0.4, -0.2) is 48.3 Å². The van der Waals surface area contributed by atoms with E-state index in [1.165, 1.54) is 6.92 Å². The first-order valence-electron chi connectivity index (χ1n) is 10.3. The molecule has 4 aliphatic rings. The number of carbonyl (C=O) groups excluding carboxylic acids is 2. The van der Waals surface area contributed by atoms with E-state index < -0.39 is 57.1 Å². The van der Waals surface area contributed by atoms with Crippen molar-refractivity contribution in [1.29, 1.82) is 0 Å². The van der Waals surface area contributed by atoms with E-state index in [-0.39, 0.29) is 24.0 Å². The van der Waals surface area contributed by atoms with Crippen molar-refractivity contribution < 1.29 is 49.6 Å². The molecule has 32 heavy (non-hydrogen) atoms. The van der Waals surface area contributed by atoms with Crippen LogP contribution in [0.2, 0.25) is 0 Å². The standard InChI is InChI=1S/C20H26F4O7S/c1-12(2)16(26)31-18-8-13-5-14(9-18)7-17(6-13,10-18)11-30-15(25)3-4-19(21,22)20(23,24)32(27,28)29/h13-14H,1,3-11H2,2H3,(H,27,28,29)/p-1. The minimum absolute atomic E-state index is 0.146. The van der Waals surface area contributed by atoms with Crippen molar-refractivity contribution in [1.82, 2.24) is 0 Å². The fourth-order valence-electron chi connectivity index (χ4n) is 5.83. The van der Waals surface area contributed by atoms with E-state index in [2.05, 4.69) is 6.58 Å². The van der Waals surface area contributed by atoms with Gasteiger partial charge in [-0.2, -0.15) is 17.6 Å². The summed E-state index contributed by atoms with van der Waals surface area (Å²) in [5.74, 6) is -6.42. The Bertz CT molecular complexity index is 901. The first-order valence-corrected chi connectivity index (χ1v) is 11.7. The van der Waals surface area contributed by atoms with Crippen molar-refractivity contribution in [3.05, 3.63) is 12.2 Å². The molecule has 2 atom stereocenters. The Balaban J connectivity index is 1.61. The highest BCUT2D eigenvalue weighted by molar-refractivity contribution is 7.86. The third kappa shape index (κ3) is 4.66. The molecule has 0 aromatic carbocycles. The summed E-state index contributed by atoms with van der Waals surface area (Å²) in [6, 6.07) is 0. The zero-order valence-corrected chi connectivity index (χ0v) is 18.3. The van der Waals surface area contributed by atoms with Crippen LogP contribution in [0.5, 0.6) is 0 Å². The van der Waals surface area contributed by atoms with Gasteiger partial charge in [0.2, 0.25) is 0 Å². The lowest BCUT2D eigenvalue weighted by atomic mass is 9.48. The molecule has 0 aromatic heterocycles. The summed E-state index contributed by atoms with van der Waals surface area (Å²) in [7, 11) is -6.61. The van der Waals surface area contributed by atoms with E-state index in [0.29, 0.717) is 32.1 Å². The molecule has 0 aromatic rings. The highest BCUT2D eigenvalue weighted by atomic mass is 32.2. The normalized spacial score (nSPS) is 31.9. The van der Waals surface area contributed by atoms with Gasteiger partial charge in [-0.05, 0) is 57.3 Å². The molecule has 4 aliphatic carbocycles. The number of hydrogen-bond acceptors (Lipinski definition) is 7. The van der Waals surface area contributed by atoms with Crippen LogP contribution in [-0.2, 0) is 29.2 Å². The molecular weight excluding hydrogens is 460 g/mol. The molecule has 2 unspecified atom stereocenters. The maximum absolute atomic E-state index is 13.6. The minimum Gasteiger partial charge on any atom is -0.743 e. The monoisotopic (exact) mass is 485 g/mol. The van der Waals surface area contributed by atoms with E-state index >= 15 is 0 Å². The summed E-state index contributed by atoms with van der Waals surface area (Å²) in [5, 5.41) is -5.83. The lowest BCUT2D eigenvalue weighted by molar-refractivity contribution is -0.208. The molecule has 7 nitrogen and oxygen atoms in total. The van der Waals surface area contributed by atoms with Gasteiger partial charge in [0, 0.05) is 17.4 Å². The second-order valence-corrected chi connectivity index (χ2v) is 11.1. The van der Waals surface area contributed by atoms with Gasteiger partial charge < -0.3 is 14.0 Å². The molecule has 0 spiro atoms. The Kier molecular flexibility index (Phi) is 6.21. The molecule has 0 heterocycles. The predicted octanol–water partition coefficient (Wildman–Crippen LogP) is 3.54. The van der Waals surface area contributed by atoms with Gasteiger partial charge in [0.05, 0.1) is 13.0 Å². The first kappa shape index (κ1) is 24.9. The van der Waals surface area contributed by atoms with Crippen LogP contribution in [0.1, 0.15) is 58.3 Å². The molecule has 4 fully saturated rings. The van der Waals surface area contributed by atoms with Crippen LogP contribution in [0.3, 0.4) is 0 Å². The first-order chi connectivity index (χ1) is 14.5. The van der Waals surface area contributed by atoms with Gasteiger partial charge in [0.15, 0.2) is 10.1 Å². The second-order valence-electron chi connectivity index (χ2n) is 9.65. The maximum atomic E-state index is 13.6. The van der Waals surface area contributed by atoms with Crippen LogP contribution in [0.15, 0.2) is 12.2 Å². The van der Waals surface area contributed by atoms with Crippen molar-refractivity contribution in [2.24, 2.45) is 17.3 Å². The Morgan fingerprint density at radius 2 is 1.69 bits per heavy atom. The third-order valence-corrected chi connectivity index (χ3v) is 7.64. The summed E-state index contributed by atoms with van der Waals surface area (Å²) in [6.45, 7) is 4.98. The molecular formula is C20H25F4O7S-. The summed E-state index contributed by atoms with van der Waals surface area (Å²) >= 11 is 0. The Hall–Kier alpha value is -1.69. The van der Waals surface area contributed by atoms with Crippen molar-refractivity contribution in [2.45, 2.75) is 75.1 Å². The summed E-state index contributed by atoms with van der Waals surface area (Å²) in [5.41, 5.74) is -0.955. The quantitative estimate of drug-likeness (QED) is 0.213. The van der Waals surface area contributed by atoms with Gasteiger partial charge >= 0.3 is 23.1 Å². The fraction of sp³-hybridized carbons (Fsp3) is 0.800. The highest BCUT2D eigenvalue weighted by Gasteiger charge is 2.62. The molecule has 12 heteroatoms. The lowest BCUT2D eigenvalue weighted by Gasteiger charge is -2.60. The van der Waals surface area contributed by atoms with Crippen LogP contribution in [0.25, 0.3) is 0 Å². The summed E-state index contributed by atoms with van der Waals surface area (Å²) in [6.07, 6.45) is 1.12. The van der Waals surface area contributed by atoms with Crippen LogP contribution in [0, 0.1) is 17.3 Å². The average molecular weight is 485 g/mol.